The first-order valence-corrected chi connectivity index (χ1v) is 18.8. The summed E-state index contributed by atoms with van der Waals surface area (Å²) in [6.45, 7) is 1.28. The Kier molecular flexibility index (Phi) is 9.75. The highest BCUT2D eigenvalue weighted by Gasteiger charge is 2.24. The zero-order valence-electron chi connectivity index (χ0n) is 27.1. The third-order valence-electron chi connectivity index (χ3n) is 9.05. The second-order valence-electron chi connectivity index (χ2n) is 12.2. The van der Waals surface area contributed by atoms with Crippen LogP contribution in [0.15, 0.2) is 70.3 Å². The summed E-state index contributed by atoms with van der Waals surface area (Å²) in [5.41, 5.74) is 6.06. The molecule has 0 saturated carbocycles. The van der Waals surface area contributed by atoms with Gasteiger partial charge in [0.25, 0.3) is 0 Å². The number of hydrogen-bond donors (Lipinski definition) is 1. The Labute approximate surface area is 293 Å². The molecular formula is C37H38ClN5O3S2. The van der Waals surface area contributed by atoms with Gasteiger partial charge in [0.1, 0.15) is 11.4 Å². The Morgan fingerprint density at radius 3 is 2.75 bits per heavy atom. The summed E-state index contributed by atoms with van der Waals surface area (Å²) in [6, 6.07) is 18.7. The van der Waals surface area contributed by atoms with Crippen LogP contribution in [0.3, 0.4) is 0 Å². The van der Waals surface area contributed by atoms with Crippen LogP contribution in [0.1, 0.15) is 58.7 Å². The van der Waals surface area contributed by atoms with Gasteiger partial charge >= 0.3 is 5.97 Å². The molecule has 8 nitrogen and oxygen atoms in total. The average molecular weight is 700 g/mol. The number of aryl methyl sites for hydroxylation is 3. The number of carboxylic acid groups (broad SMARTS) is 1. The van der Waals surface area contributed by atoms with E-state index < -0.39 is 5.97 Å². The van der Waals surface area contributed by atoms with E-state index in [-0.39, 0.29) is 5.69 Å². The van der Waals surface area contributed by atoms with Crippen molar-refractivity contribution in [3.8, 4) is 5.75 Å². The van der Waals surface area contributed by atoms with Crippen molar-refractivity contribution in [2.75, 3.05) is 18.9 Å². The lowest BCUT2D eigenvalue weighted by Crippen LogP contribution is -2.23. The number of benzene rings is 3. The fourth-order valence-corrected chi connectivity index (χ4v) is 8.58. The third-order valence-corrected chi connectivity index (χ3v) is 11.3. The molecule has 8 bridgehead atoms. The van der Waals surface area contributed by atoms with Crippen molar-refractivity contribution in [3.63, 3.8) is 0 Å². The van der Waals surface area contributed by atoms with E-state index in [1.54, 1.807) is 28.1 Å². The Bertz CT molecular complexity index is 2070. The first-order valence-electron chi connectivity index (χ1n) is 16.3. The first kappa shape index (κ1) is 32.7. The van der Waals surface area contributed by atoms with Crippen LogP contribution < -0.4 is 4.74 Å². The molecule has 2 aromatic heterocycles. The summed E-state index contributed by atoms with van der Waals surface area (Å²) in [7, 11) is 3.83. The number of carboxylic acids is 1. The van der Waals surface area contributed by atoms with Crippen LogP contribution in [-0.4, -0.2) is 55.6 Å². The van der Waals surface area contributed by atoms with Crippen LogP contribution in [-0.2, 0) is 32.0 Å². The average Bonchev–Trinajstić information content (AvgIpc) is 3.58. The minimum atomic E-state index is -0.950. The highest BCUT2D eigenvalue weighted by Crippen LogP contribution is 2.37. The molecule has 0 atom stereocenters. The number of hydrogen-bond acceptors (Lipinski definition) is 7. The van der Waals surface area contributed by atoms with E-state index in [0.29, 0.717) is 24.5 Å². The van der Waals surface area contributed by atoms with Crippen LogP contribution >= 0.6 is 35.1 Å². The summed E-state index contributed by atoms with van der Waals surface area (Å²) in [5, 5.41) is 25.8. The molecule has 48 heavy (non-hydrogen) atoms. The molecule has 5 aromatic rings. The van der Waals surface area contributed by atoms with Crippen molar-refractivity contribution >= 4 is 75.1 Å². The molecule has 2 aliphatic rings. The maximum Gasteiger partial charge on any atom is 0.352 e. The molecule has 1 fully saturated rings. The first-order chi connectivity index (χ1) is 23.4. The van der Waals surface area contributed by atoms with E-state index in [2.05, 4.69) is 41.4 Å². The van der Waals surface area contributed by atoms with Crippen molar-refractivity contribution in [2.24, 2.45) is 19.2 Å². The number of carbonyl (C=O) groups is 1. The number of fused-ring (bicyclic) bond motifs is 7. The van der Waals surface area contributed by atoms with Gasteiger partial charge in [0.05, 0.1) is 17.8 Å². The number of aromatic nitrogens is 3. The SMILES string of the molecule is Cn1nc2cc1CSc1cc(c3ccccc3c1)OCCCc1c(C(=O)O)n(C)c3c(c(Cl)ccc13)/C=C1\CCCCN1/N=C/CSC2. The number of nitrogens with zero attached hydrogens (tertiary/aromatic N) is 5. The zero-order valence-corrected chi connectivity index (χ0v) is 29.5. The Balaban J connectivity index is 1.27. The van der Waals surface area contributed by atoms with E-state index in [0.717, 1.165) is 97.9 Å². The molecule has 0 spiro atoms. The molecule has 11 heteroatoms. The van der Waals surface area contributed by atoms with Crippen LogP contribution in [0.25, 0.3) is 27.8 Å². The molecule has 0 radical (unpaired) electrons. The number of thioether (sulfide) groups is 2. The van der Waals surface area contributed by atoms with E-state index in [1.807, 2.05) is 49.3 Å². The molecule has 3 aromatic carbocycles. The minimum absolute atomic E-state index is 0.287. The van der Waals surface area contributed by atoms with Gasteiger partial charge in [-0.2, -0.15) is 10.2 Å². The number of hydrazone groups is 1. The molecule has 0 unspecified atom stereocenters. The van der Waals surface area contributed by atoms with Gasteiger partial charge in [-0.05, 0) is 73.4 Å². The minimum Gasteiger partial charge on any atom is -0.493 e. The van der Waals surface area contributed by atoms with Gasteiger partial charge in [0.15, 0.2) is 0 Å². The van der Waals surface area contributed by atoms with Crippen molar-refractivity contribution in [3.05, 3.63) is 93.5 Å². The largest absolute Gasteiger partial charge is 0.493 e. The Hall–Kier alpha value is -3.86. The maximum absolute atomic E-state index is 12.7. The number of piperidine rings is 1. The van der Waals surface area contributed by atoms with Gasteiger partial charge < -0.3 is 14.4 Å². The lowest BCUT2D eigenvalue weighted by molar-refractivity contribution is 0.0685. The fourth-order valence-electron chi connectivity index (χ4n) is 6.74. The van der Waals surface area contributed by atoms with Crippen molar-refractivity contribution in [2.45, 2.75) is 48.5 Å². The van der Waals surface area contributed by atoms with Gasteiger partial charge in [0, 0.05) is 81.8 Å². The smallest absolute Gasteiger partial charge is 0.352 e. The van der Waals surface area contributed by atoms with E-state index in [4.69, 9.17) is 26.5 Å². The van der Waals surface area contributed by atoms with Crippen LogP contribution in [0.5, 0.6) is 5.75 Å². The number of ether oxygens (including phenoxy) is 1. The van der Waals surface area contributed by atoms with E-state index in [1.165, 1.54) is 5.69 Å². The lowest BCUT2D eigenvalue weighted by Gasteiger charge is -2.27. The van der Waals surface area contributed by atoms with Crippen molar-refractivity contribution in [1.29, 1.82) is 0 Å². The van der Waals surface area contributed by atoms with Crippen LogP contribution in [0, 0.1) is 0 Å². The zero-order chi connectivity index (χ0) is 33.2. The van der Waals surface area contributed by atoms with Crippen LogP contribution in [0.2, 0.25) is 5.02 Å². The molecule has 0 aliphatic carbocycles. The second-order valence-corrected chi connectivity index (χ2v) is 14.7. The van der Waals surface area contributed by atoms with Gasteiger partial charge in [-0.1, -0.05) is 41.9 Å². The highest BCUT2D eigenvalue weighted by molar-refractivity contribution is 7.99. The summed E-state index contributed by atoms with van der Waals surface area (Å²) in [5.74, 6) is 2.25. The monoisotopic (exact) mass is 699 g/mol. The topological polar surface area (TPSA) is 84.9 Å². The summed E-state index contributed by atoms with van der Waals surface area (Å²) in [4.78, 5) is 13.8. The quantitative estimate of drug-likeness (QED) is 0.187. The number of halogens is 1. The molecule has 7 rings (SSSR count). The molecule has 4 heterocycles. The second kappa shape index (κ2) is 14.3. The molecule has 1 N–H and O–H groups in total. The van der Waals surface area contributed by atoms with E-state index >= 15 is 0 Å². The molecule has 0 amide bonds. The van der Waals surface area contributed by atoms with Crippen molar-refractivity contribution in [1.82, 2.24) is 19.4 Å². The summed E-state index contributed by atoms with van der Waals surface area (Å²) in [6.07, 6.45) is 8.30. The fraction of sp³-hybridized carbons (Fsp3) is 0.324. The molecule has 248 valence electrons. The van der Waals surface area contributed by atoms with Crippen molar-refractivity contribution < 1.29 is 14.6 Å². The number of rotatable bonds is 1. The molecular weight excluding hydrogens is 662 g/mol. The number of aromatic carboxylic acids is 1. The lowest BCUT2D eigenvalue weighted by atomic mass is 10.0. The Morgan fingerprint density at radius 2 is 1.88 bits per heavy atom. The van der Waals surface area contributed by atoms with Gasteiger partial charge in [-0.15, -0.1) is 23.5 Å². The highest BCUT2D eigenvalue weighted by atomic mass is 35.5. The standard InChI is InChI=1S/C37H38ClN5O3S2/c1-41-35-31-12-13-33(38)32(35)20-26-9-5-6-15-43(26)39-14-17-47-22-25-19-27(42(2)40-25)23-48-28-18-24-8-3-4-10-29(24)34(21-28)46-16-7-11-30(31)36(41)37(44)45/h3-4,8,10,12-14,18-21H,5-7,9,11,15-17,22-23H2,1-2H3,(H,44,45)/b26-20+,39-14+. The molecule has 1 saturated heterocycles. The van der Waals surface area contributed by atoms with Gasteiger partial charge in [0.2, 0.25) is 0 Å². The van der Waals surface area contributed by atoms with Gasteiger partial charge in [-0.3, -0.25) is 9.69 Å². The maximum atomic E-state index is 12.7. The summed E-state index contributed by atoms with van der Waals surface area (Å²) >= 11 is 10.4. The normalized spacial score (nSPS) is 18.1. The Morgan fingerprint density at radius 1 is 1.00 bits per heavy atom. The molecule has 2 aliphatic heterocycles. The van der Waals surface area contributed by atoms with E-state index in [9.17, 15) is 9.90 Å². The van der Waals surface area contributed by atoms with Crippen LogP contribution in [0.4, 0.5) is 0 Å². The predicted octanol–water partition coefficient (Wildman–Crippen LogP) is 8.78. The van der Waals surface area contributed by atoms with Gasteiger partial charge in [-0.25, -0.2) is 4.79 Å². The predicted molar refractivity (Wildman–Crippen MR) is 199 cm³/mol. The third kappa shape index (κ3) is 6.70. The summed E-state index contributed by atoms with van der Waals surface area (Å²) < 4.78 is 10.2. The number of allylic oxidation sites excluding steroid dienone is 1.